The maximum atomic E-state index is 3.81. The predicted octanol–water partition coefficient (Wildman–Crippen LogP) is 3.91. The highest BCUT2D eigenvalue weighted by Crippen LogP contribution is 2.17. The first-order valence-corrected chi connectivity index (χ1v) is 8.46. The van der Waals surface area contributed by atoms with E-state index in [1.807, 2.05) is 0 Å². The van der Waals surface area contributed by atoms with Crippen molar-refractivity contribution in [2.24, 2.45) is 11.8 Å². The molecule has 2 nitrogen and oxygen atoms in total. The van der Waals surface area contributed by atoms with Gasteiger partial charge in [0.2, 0.25) is 0 Å². The molecular formula is C17H36N2. The van der Waals surface area contributed by atoms with E-state index < -0.39 is 0 Å². The lowest BCUT2D eigenvalue weighted by atomic mass is 9.95. The van der Waals surface area contributed by atoms with Gasteiger partial charge in [-0.2, -0.15) is 0 Å². The van der Waals surface area contributed by atoms with E-state index in [9.17, 15) is 0 Å². The van der Waals surface area contributed by atoms with Crippen LogP contribution in [0.5, 0.6) is 0 Å². The molecule has 1 unspecified atom stereocenters. The third kappa shape index (κ3) is 7.31. The minimum absolute atomic E-state index is 0.659. The SMILES string of the molecule is CC(C)CN(CC(C)C)C(C)CNC1CCCCC1. The van der Waals surface area contributed by atoms with Crippen LogP contribution < -0.4 is 5.32 Å². The Kier molecular flexibility index (Phi) is 8.01. The second-order valence-corrected chi connectivity index (χ2v) is 7.33. The Balaban J connectivity index is 2.34. The molecule has 1 saturated carbocycles. The third-order valence-electron chi connectivity index (χ3n) is 4.13. The summed E-state index contributed by atoms with van der Waals surface area (Å²) in [5.41, 5.74) is 0. The Morgan fingerprint density at radius 1 is 0.895 bits per heavy atom. The van der Waals surface area contributed by atoms with Crippen LogP contribution in [0.3, 0.4) is 0 Å². The number of hydrogen-bond donors (Lipinski definition) is 1. The summed E-state index contributed by atoms with van der Waals surface area (Å²) < 4.78 is 0. The van der Waals surface area contributed by atoms with Crippen LogP contribution in [0, 0.1) is 11.8 Å². The highest BCUT2D eigenvalue weighted by atomic mass is 15.2. The fourth-order valence-corrected chi connectivity index (χ4v) is 3.15. The molecular weight excluding hydrogens is 232 g/mol. The molecule has 0 heterocycles. The number of nitrogens with zero attached hydrogens (tertiary/aromatic N) is 1. The molecule has 0 radical (unpaired) electrons. The lowest BCUT2D eigenvalue weighted by Crippen LogP contribution is -2.46. The van der Waals surface area contributed by atoms with E-state index >= 15 is 0 Å². The average Bonchev–Trinajstić information content (AvgIpc) is 2.35. The van der Waals surface area contributed by atoms with Crippen molar-refractivity contribution in [3.63, 3.8) is 0 Å². The summed E-state index contributed by atoms with van der Waals surface area (Å²) in [5, 5.41) is 3.81. The van der Waals surface area contributed by atoms with Crippen LogP contribution in [-0.4, -0.2) is 36.6 Å². The molecule has 1 N–H and O–H groups in total. The number of rotatable bonds is 8. The van der Waals surface area contributed by atoms with Gasteiger partial charge >= 0.3 is 0 Å². The summed E-state index contributed by atoms with van der Waals surface area (Å²) in [4.78, 5) is 2.67. The van der Waals surface area contributed by atoms with E-state index in [1.165, 1.54) is 45.2 Å². The molecule has 0 aromatic rings. The highest BCUT2D eigenvalue weighted by Gasteiger charge is 2.18. The van der Waals surface area contributed by atoms with E-state index in [0.717, 1.165) is 24.4 Å². The first-order valence-electron chi connectivity index (χ1n) is 8.46. The summed E-state index contributed by atoms with van der Waals surface area (Å²) in [5.74, 6) is 1.52. The van der Waals surface area contributed by atoms with Crippen LogP contribution in [-0.2, 0) is 0 Å². The largest absolute Gasteiger partial charge is 0.312 e. The summed E-state index contributed by atoms with van der Waals surface area (Å²) in [7, 11) is 0. The van der Waals surface area contributed by atoms with Gasteiger partial charge in [0.15, 0.2) is 0 Å². The minimum Gasteiger partial charge on any atom is -0.312 e. The van der Waals surface area contributed by atoms with Crippen LogP contribution >= 0.6 is 0 Å². The van der Waals surface area contributed by atoms with Crippen LogP contribution in [0.4, 0.5) is 0 Å². The van der Waals surface area contributed by atoms with Gasteiger partial charge in [-0.25, -0.2) is 0 Å². The Morgan fingerprint density at radius 3 is 1.89 bits per heavy atom. The van der Waals surface area contributed by atoms with Crippen LogP contribution in [0.2, 0.25) is 0 Å². The fraction of sp³-hybridized carbons (Fsp3) is 1.00. The molecule has 0 amide bonds. The topological polar surface area (TPSA) is 15.3 Å². The van der Waals surface area contributed by atoms with Crippen LogP contribution in [0.25, 0.3) is 0 Å². The van der Waals surface area contributed by atoms with E-state index in [0.29, 0.717) is 6.04 Å². The Hall–Kier alpha value is -0.0800. The number of hydrogen-bond acceptors (Lipinski definition) is 2. The maximum Gasteiger partial charge on any atom is 0.0192 e. The van der Waals surface area contributed by atoms with Gasteiger partial charge in [-0.3, -0.25) is 4.90 Å². The van der Waals surface area contributed by atoms with Crippen molar-refractivity contribution < 1.29 is 0 Å². The zero-order valence-electron chi connectivity index (χ0n) is 13.9. The van der Waals surface area contributed by atoms with Gasteiger partial charge in [0.05, 0.1) is 0 Å². The zero-order chi connectivity index (χ0) is 14.3. The van der Waals surface area contributed by atoms with E-state index in [-0.39, 0.29) is 0 Å². The monoisotopic (exact) mass is 268 g/mol. The molecule has 0 saturated heterocycles. The van der Waals surface area contributed by atoms with Gasteiger partial charge in [-0.1, -0.05) is 47.0 Å². The first-order chi connectivity index (χ1) is 8.99. The summed E-state index contributed by atoms with van der Waals surface area (Å²) in [6.45, 7) is 15.3. The van der Waals surface area contributed by atoms with Gasteiger partial charge in [-0.05, 0) is 31.6 Å². The fourth-order valence-electron chi connectivity index (χ4n) is 3.15. The molecule has 1 aliphatic rings. The molecule has 0 bridgehead atoms. The summed E-state index contributed by atoms with van der Waals surface area (Å²) in [6.07, 6.45) is 7.07. The van der Waals surface area contributed by atoms with Crippen LogP contribution in [0.1, 0.15) is 66.7 Å². The molecule has 1 atom stereocenters. The Labute approximate surface area is 121 Å². The van der Waals surface area contributed by atoms with Crippen molar-refractivity contribution in [3.05, 3.63) is 0 Å². The van der Waals surface area contributed by atoms with E-state index in [4.69, 9.17) is 0 Å². The second-order valence-electron chi connectivity index (χ2n) is 7.33. The molecule has 19 heavy (non-hydrogen) atoms. The van der Waals surface area contributed by atoms with Gasteiger partial charge in [0.1, 0.15) is 0 Å². The van der Waals surface area contributed by atoms with Crippen molar-refractivity contribution in [3.8, 4) is 0 Å². The average molecular weight is 268 g/mol. The normalized spacial score (nSPS) is 19.6. The van der Waals surface area contributed by atoms with Gasteiger partial charge in [-0.15, -0.1) is 0 Å². The molecule has 0 aromatic heterocycles. The van der Waals surface area contributed by atoms with Crippen molar-refractivity contribution >= 4 is 0 Å². The lowest BCUT2D eigenvalue weighted by molar-refractivity contribution is 0.158. The molecule has 0 spiro atoms. The van der Waals surface area contributed by atoms with Crippen molar-refractivity contribution in [1.29, 1.82) is 0 Å². The molecule has 2 heteroatoms. The molecule has 114 valence electrons. The predicted molar refractivity (Wildman–Crippen MR) is 85.6 cm³/mol. The van der Waals surface area contributed by atoms with Crippen molar-refractivity contribution in [2.45, 2.75) is 78.8 Å². The van der Waals surface area contributed by atoms with Gasteiger partial charge in [0.25, 0.3) is 0 Å². The van der Waals surface area contributed by atoms with Gasteiger partial charge < -0.3 is 5.32 Å². The quantitative estimate of drug-likeness (QED) is 0.718. The van der Waals surface area contributed by atoms with Gasteiger partial charge in [0, 0.05) is 31.7 Å². The molecule has 0 aliphatic heterocycles. The molecule has 1 rings (SSSR count). The van der Waals surface area contributed by atoms with E-state index in [1.54, 1.807) is 0 Å². The van der Waals surface area contributed by atoms with Crippen molar-refractivity contribution in [2.75, 3.05) is 19.6 Å². The third-order valence-corrected chi connectivity index (χ3v) is 4.13. The minimum atomic E-state index is 0.659. The van der Waals surface area contributed by atoms with Crippen LogP contribution in [0.15, 0.2) is 0 Å². The number of nitrogens with one attached hydrogen (secondary N) is 1. The standard InChI is InChI=1S/C17H36N2/c1-14(2)12-19(13-15(3)4)16(5)11-18-17-9-7-6-8-10-17/h14-18H,6-13H2,1-5H3. The molecule has 1 aliphatic carbocycles. The summed E-state index contributed by atoms with van der Waals surface area (Å²) in [6, 6.07) is 1.45. The maximum absolute atomic E-state index is 3.81. The smallest absolute Gasteiger partial charge is 0.0192 e. The summed E-state index contributed by atoms with van der Waals surface area (Å²) >= 11 is 0. The Morgan fingerprint density at radius 2 is 1.42 bits per heavy atom. The first kappa shape index (κ1) is 17.0. The Bertz CT molecular complexity index is 209. The molecule has 1 fully saturated rings. The zero-order valence-corrected chi connectivity index (χ0v) is 13.9. The highest BCUT2D eigenvalue weighted by molar-refractivity contribution is 4.77. The lowest BCUT2D eigenvalue weighted by Gasteiger charge is -2.34. The molecule has 0 aromatic carbocycles. The van der Waals surface area contributed by atoms with E-state index in [2.05, 4.69) is 44.8 Å². The second kappa shape index (κ2) is 8.97. The van der Waals surface area contributed by atoms with Crippen molar-refractivity contribution in [1.82, 2.24) is 10.2 Å².